The molecule has 1 aliphatic rings. The van der Waals surface area contributed by atoms with Gasteiger partial charge in [0.2, 0.25) is 0 Å². The van der Waals surface area contributed by atoms with Crippen molar-refractivity contribution in [3.63, 3.8) is 0 Å². The first-order valence-corrected chi connectivity index (χ1v) is 9.29. The normalized spacial score (nSPS) is 19.0. The van der Waals surface area contributed by atoms with E-state index in [1.54, 1.807) is 0 Å². The van der Waals surface area contributed by atoms with Crippen LogP contribution in [0.3, 0.4) is 0 Å². The molecule has 0 saturated carbocycles. The molecule has 0 aromatic heterocycles. The third-order valence-corrected chi connectivity index (χ3v) is 5.70. The van der Waals surface area contributed by atoms with Gasteiger partial charge in [-0.25, -0.2) is 0 Å². The Morgan fingerprint density at radius 3 is 2.28 bits per heavy atom. The van der Waals surface area contributed by atoms with Gasteiger partial charge in [-0.3, -0.25) is 0 Å². The van der Waals surface area contributed by atoms with Crippen LogP contribution in [0.1, 0.15) is 40.6 Å². The number of nitrogens with one attached hydrogen (secondary N) is 1. The molecule has 0 fully saturated rings. The summed E-state index contributed by atoms with van der Waals surface area (Å²) in [6.07, 6.45) is 1.03. The van der Waals surface area contributed by atoms with Crippen molar-refractivity contribution < 1.29 is 0 Å². The first-order chi connectivity index (χ1) is 12.2. The van der Waals surface area contributed by atoms with Gasteiger partial charge in [0.15, 0.2) is 0 Å². The lowest BCUT2D eigenvalue weighted by molar-refractivity contribution is 0.513. The molecule has 0 saturated heterocycles. The number of rotatable bonds is 4. The Hall–Kier alpha value is -1.80. The van der Waals surface area contributed by atoms with Crippen LogP contribution < -0.4 is 5.32 Å². The van der Waals surface area contributed by atoms with E-state index in [-0.39, 0.29) is 0 Å². The van der Waals surface area contributed by atoms with Gasteiger partial charge in [-0.05, 0) is 40.8 Å². The predicted molar refractivity (Wildman–Crippen MR) is 105 cm³/mol. The first kappa shape index (κ1) is 16.7. The zero-order valence-electron chi connectivity index (χ0n) is 13.8. The second-order valence-corrected chi connectivity index (χ2v) is 7.32. The third-order valence-electron chi connectivity index (χ3n) is 4.96. The molecule has 2 atom stereocenters. The Labute approximate surface area is 158 Å². The highest BCUT2D eigenvalue weighted by molar-refractivity contribution is 6.42. The fourth-order valence-electron chi connectivity index (χ4n) is 3.71. The molecule has 3 aromatic carbocycles. The molecule has 126 valence electrons. The zero-order valence-corrected chi connectivity index (χ0v) is 15.3. The van der Waals surface area contributed by atoms with Gasteiger partial charge < -0.3 is 5.32 Å². The monoisotopic (exact) mass is 367 g/mol. The van der Waals surface area contributed by atoms with E-state index in [9.17, 15) is 0 Å². The molecular weight excluding hydrogens is 349 g/mol. The van der Waals surface area contributed by atoms with Crippen LogP contribution in [0.5, 0.6) is 0 Å². The van der Waals surface area contributed by atoms with Crippen molar-refractivity contribution in [2.45, 2.75) is 24.9 Å². The van der Waals surface area contributed by atoms with E-state index in [2.05, 4.69) is 66.0 Å². The van der Waals surface area contributed by atoms with E-state index in [1.807, 2.05) is 12.1 Å². The molecule has 1 N–H and O–H groups in total. The number of hydrogen-bond donors (Lipinski definition) is 1. The molecule has 0 heterocycles. The molecule has 3 heteroatoms. The minimum Gasteiger partial charge on any atom is -0.306 e. The highest BCUT2D eigenvalue weighted by atomic mass is 35.5. The van der Waals surface area contributed by atoms with Crippen molar-refractivity contribution in [3.8, 4) is 0 Å². The maximum Gasteiger partial charge on any atom is 0.0595 e. The van der Waals surface area contributed by atoms with Gasteiger partial charge in [-0.1, -0.05) is 83.9 Å². The first-order valence-electron chi connectivity index (χ1n) is 8.53. The van der Waals surface area contributed by atoms with Crippen LogP contribution in [0.2, 0.25) is 10.0 Å². The lowest BCUT2D eigenvalue weighted by Gasteiger charge is -2.15. The van der Waals surface area contributed by atoms with Crippen molar-refractivity contribution in [1.29, 1.82) is 0 Å². The summed E-state index contributed by atoms with van der Waals surface area (Å²) in [7, 11) is 0. The van der Waals surface area contributed by atoms with E-state index in [4.69, 9.17) is 23.2 Å². The Kier molecular flexibility index (Phi) is 4.80. The molecule has 0 bridgehead atoms. The van der Waals surface area contributed by atoms with Crippen LogP contribution in [0.4, 0.5) is 0 Å². The van der Waals surface area contributed by atoms with Gasteiger partial charge in [0.25, 0.3) is 0 Å². The Morgan fingerprint density at radius 2 is 1.52 bits per heavy atom. The zero-order chi connectivity index (χ0) is 17.2. The SMILES string of the molecule is Clc1ccc([C@H]2C[C@H](NCc3ccccc3)c3ccccc32)cc1Cl. The highest BCUT2D eigenvalue weighted by Crippen LogP contribution is 2.44. The minimum atomic E-state index is 0.343. The molecule has 3 aromatic rings. The topological polar surface area (TPSA) is 12.0 Å². The van der Waals surface area contributed by atoms with Gasteiger partial charge in [0, 0.05) is 18.5 Å². The quantitative estimate of drug-likeness (QED) is 0.565. The summed E-state index contributed by atoms with van der Waals surface area (Å²) >= 11 is 12.3. The summed E-state index contributed by atoms with van der Waals surface area (Å²) in [4.78, 5) is 0. The fourth-order valence-corrected chi connectivity index (χ4v) is 4.02. The van der Waals surface area contributed by atoms with Gasteiger partial charge in [-0.2, -0.15) is 0 Å². The van der Waals surface area contributed by atoms with Crippen LogP contribution in [0.15, 0.2) is 72.8 Å². The molecule has 1 aliphatic carbocycles. The van der Waals surface area contributed by atoms with Crippen molar-refractivity contribution >= 4 is 23.2 Å². The molecule has 0 unspecified atom stereocenters. The summed E-state index contributed by atoms with van der Waals surface area (Å²) in [5.74, 6) is 0.347. The van der Waals surface area contributed by atoms with Gasteiger partial charge in [0.1, 0.15) is 0 Å². The Bertz CT molecular complexity index is 876. The van der Waals surface area contributed by atoms with Crippen LogP contribution in [0.25, 0.3) is 0 Å². The van der Waals surface area contributed by atoms with Gasteiger partial charge in [-0.15, -0.1) is 0 Å². The summed E-state index contributed by atoms with van der Waals surface area (Å²) < 4.78 is 0. The predicted octanol–water partition coefficient (Wildman–Crippen LogP) is 6.36. The molecular formula is C22H19Cl2N. The number of hydrogen-bond acceptors (Lipinski definition) is 1. The standard InChI is InChI=1S/C22H19Cl2N/c23-20-11-10-16(12-21(20)24)19-13-22(18-9-5-4-8-17(18)19)25-14-15-6-2-1-3-7-15/h1-12,19,22,25H,13-14H2/t19-,22+/m1/s1. The Balaban J connectivity index is 1.60. The Morgan fingerprint density at radius 1 is 0.800 bits per heavy atom. The molecule has 1 nitrogen and oxygen atoms in total. The van der Waals surface area contributed by atoms with Crippen molar-refractivity contribution in [1.82, 2.24) is 5.32 Å². The van der Waals surface area contributed by atoms with E-state index >= 15 is 0 Å². The summed E-state index contributed by atoms with van der Waals surface area (Å²) in [5, 5.41) is 4.95. The van der Waals surface area contributed by atoms with Crippen LogP contribution in [-0.2, 0) is 6.54 Å². The molecule has 4 rings (SSSR count). The molecule has 0 aliphatic heterocycles. The second kappa shape index (κ2) is 7.21. The van der Waals surface area contributed by atoms with Crippen LogP contribution in [-0.4, -0.2) is 0 Å². The molecule has 0 spiro atoms. The molecule has 0 amide bonds. The van der Waals surface area contributed by atoms with E-state index < -0.39 is 0 Å². The number of halogens is 2. The van der Waals surface area contributed by atoms with E-state index in [0.29, 0.717) is 22.0 Å². The molecule has 0 radical (unpaired) electrons. The smallest absolute Gasteiger partial charge is 0.0595 e. The lowest BCUT2D eigenvalue weighted by Crippen LogP contribution is -2.18. The summed E-state index contributed by atoms with van der Waals surface area (Å²) in [5.41, 5.74) is 5.30. The second-order valence-electron chi connectivity index (χ2n) is 6.51. The summed E-state index contributed by atoms with van der Waals surface area (Å²) in [6, 6.07) is 25.6. The third kappa shape index (κ3) is 3.46. The lowest BCUT2D eigenvalue weighted by atomic mass is 9.93. The number of benzene rings is 3. The largest absolute Gasteiger partial charge is 0.306 e. The van der Waals surface area contributed by atoms with E-state index in [1.165, 1.54) is 22.3 Å². The minimum absolute atomic E-state index is 0.343. The summed E-state index contributed by atoms with van der Waals surface area (Å²) in [6.45, 7) is 0.869. The average Bonchev–Trinajstić information content (AvgIpc) is 3.02. The highest BCUT2D eigenvalue weighted by Gasteiger charge is 2.31. The van der Waals surface area contributed by atoms with Crippen molar-refractivity contribution in [3.05, 3.63) is 105 Å². The van der Waals surface area contributed by atoms with Crippen molar-refractivity contribution in [2.75, 3.05) is 0 Å². The van der Waals surface area contributed by atoms with Gasteiger partial charge >= 0.3 is 0 Å². The molecule has 25 heavy (non-hydrogen) atoms. The maximum absolute atomic E-state index is 6.25. The van der Waals surface area contributed by atoms with Crippen LogP contribution >= 0.6 is 23.2 Å². The average molecular weight is 368 g/mol. The van der Waals surface area contributed by atoms with E-state index in [0.717, 1.165) is 13.0 Å². The fraction of sp³-hybridized carbons (Fsp3) is 0.182. The number of fused-ring (bicyclic) bond motifs is 1. The maximum atomic E-state index is 6.25. The van der Waals surface area contributed by atoms with Crippen LogP contribution in [0, 0.1) is 0 Å². The van der Waals surface area contributed by atoms with Gasteiger partial charge in [0.05, 0.1) is 10.0 Å². The van der Waals surface area contributed by atoms with Crippen molar-refractivity contribution in [2.24, 2.45) is 0 Å².